The second-order valence-corrected chi connectivity index (χ2v) is 7.00. The van der Waals surface area contributed by atoms with Crippen molar-refractivity contribution in [3.63, 3.8) is 0 Å². The molecule has 7 nitrogen and oxygen atoms in total. The van der Waals surface area contributed by atoms with Crippen molar-refractivity contribution >= 4 is 22.7 Å². The second kappa shape index (κ2) is 5.68. The standard InChI is InChI=1S/C18H20N4O3/c1-9-5-6-22(15-13(9)8-19-17(15)24)18(25)11-3-4-12-14(7-11)20-10(2)21-16(12)23/h3-4,7,9,13,15H,5-6,8H2,1-2H3,(H,19,24)(H,20,21,23). The van der Waals surface area contributed by atoms with E-state index in [0.29, 0.717) is 41.3 Å². The summed E-state index contributed by atoms with van der Waals surface area (Å²) in [6, 6.07) is 4.49. The minimum absolute atomic E-state index is 0.0731. The van der Waals surface area contributed by atoms with Crippen LogP contribution in [0.3, 0.4) is 0 Å². The molecule has 25 heavy (non-hydrogen) atoms. The van der Waals surface area contributed by atoms with Crippen molar-refractivity contribution in [2.75, 3.05) is 13.1 Å². The third-order valence-corrected chi connectivity index (χ3v) is 5.41. The predicted molar refractivity (Wildman–Crippen MR) is 92.2 cm³/mol. The van der Waals surface area contributed by atoms with Gasteiger partial charge in [0.05, 0.1) is 10.9 Å². The van der Waals surface area contributed by atoms with E-state index >= 15 is 0 Å². The molecule has 2 aromatic rings. The lowest BCUT2D eigenvalue weighted by molar-refractivity contribution is -0.124. The molecule has 2 amide bonds. The molecule has 3 unspecified atom stereocenters. The van der Waals surface area contributed by atoms with Gasteiger partial charge in [0.25, 0.3) is 11.5 Å². The maximum Gasteiger partial charge on any atom is 0.258 e. The number of carbonyl (C=O) groups excluding carboxylic acids is 2. The number of nitrogens with one attached hydrogen (secondary N) is 2. The number of piperidine rings is 1. The van der Waals surface area contributed by atoms with Crippen molar-refractivity contribution in [3.05, 3.63) is 39.9 Å². The SMILES string of the molecule is Cc1nc2cc(C(=O)N3CCC(C)C4CNC(=O)C43)ccc2c(=O)[nH]1. The molecule has 3 heterocycles. The molecule has 0 radical (unpaired) electrons. The average Bonchev–Trinajstić information content (AvgIpc) is 2.97. The Kier molecular flexibility index (Phi) is 3.59. The van der Waals surface area contributed by atoms with Gasteiger partial charge in [-0.05, 0) is 37.5 Å². The second-order valence-electron chi connectivity index (χ2n) is 7.00. The first kappa shape index (κ1) is 15.8. The van der Waals surface area contributed by atoms with Crippen molar-refractivity contribution < 1.29 is 9.59 Å². The van der Waals surface area contributed by atoms with E-state index < -0.39 is 6.04 Å². The summed E-state index contributed by atoms with van der Waals surface area (Å²) in [7, 11) is 0. The number of benzene rings is 1. The quantitative estimate of drug-likeness (QED) is 0.804. The monoisotopic (exact) mass is 340 g/mol. The molecule has 2 fully saturated rings. The predicted octanol–water partition coefficient (Wildman–Crippen LogP) is 0.828. The molecule has 0 aliphatic carbocycles. The number of likely N-dealkylation sites (tertiary alicyclic amines) is 1. The highest BCUT2D eigenvalue weighted by Crippen LogP contribution is 2.33. The summed E-state index contributed by atoms with van der Waals surface area (Å²) in [5.41, 5.74) is 0.728. The van der Waals surface area contributed by atoms with Crippen LogP contribution in [0.4, 0.5) is 0 Å². The Hall–Kier alpha value is -2.70. The Morgan fingerprint density at radius 2 is 2.12 bits per heavy atom. The molecule has 3 atom stereocenters. The number of fused-ring (bicyclic) bond motifs is 2. The Labute approximate surface area is 144 Å². The zero-order valence-electron chi connectivity index (χ0n) is 14.2. The van der Waals surface area contributed by atoms with Crippen molar-refractivity contribution in [2.45, 2.75) is 26.3 Å². The number of H-pyrrole nitrogens is 1. The summed E-state index contributed by atoms with van der Waals surface area (Å²) in [4.78, 5) is 45.9. The summed E-state index contributed by atoms with van der Waals surface area (Å²) < 4.78 is 0. The molecular formula is C18H20N4O3. The molecular weight excluding hydrogens is 320 g/mol. The lowest BCUT2D eigenvalue weighted by atomic mass is 9.82. The van der Waals surface area contributed by atoms with Gasteiger partial charge in [-0.15, -0.1) is 0 Å². The Morgan fingerprint density at radius 1 is 1.32 bits per heavy atom. The smallest absolute Gasteiger partial charge is 0.258 e. The highest BCUT2D eigenvalue weighted by molar-refractivity contribution is 6.00. The largest absolute Gasteiger partial charge is 0.354 e. The minimum atomic E-state index is -0.402. The summed E-state index contributed by atoms with van der Waals surface area (Å²) in [5.74, 6) is 0.821. The van der Waals surface area contributed by atoms with Crippen LogP contribution in [0.2, 0.25) is 0 Å². The van der Waals surface area contributed by atoms with Crippen LogP contribution in [0.5, 0.6) is 0 Å². The highest BCUT2D eigenvalue weighted by Gasteiger charge is 2.46. The van der Waals surface area contributed by atoms with E-state index in [4.69, 9.17) is 0 Å². The molecule has 2 N–H and O–H groups in total. The van der Waals surface area contributed by atoms with Crippen molar-refractivity contribution in [1.29, 1.82) is 0 Å². The van der Waals surface area contributed by atoms with E-state index in [2.05, 4.69) is 22.2 Å². The topological polar surface area (TPSA) is 95.2 Å². The van der Waals surface area contributed by atoms with Crippen molar-refractivity contribution in [1.82, 2.24) is 20.2 Å². The van der Waals surface area contributed by atoms with Crippen LogP contribution in [0, 0.1) is 18.8 Å². The maximum atomic E-state index is 13.0. The fourth-order valence-corrected chi connectivity index (χ4v) is 3.99. The zero-order chi connectivity index (χ0) is 17.7. The van der Waals surface area contributed by atoms with Gasteiger partial charge in [-0.1, -0.05) is 6.92 Å². The molecule has 1 aromatic heterocycles. The first-order chi connectivity index (χ1) is 12.0. The summed E-state index contributed by atoms with van der Waals surface area (Å²) in [5, 5.41) is 3.33. The summed E-state index contributed by atoms with van der Waals surface area (Å²) >= 11 is 0. The number of amides is 2. The number of aryl methyl sites for hydroxylation is 1. The van der Waals surface area contributed by atoms with Gasteiger partial charge in [0.2, 0.25) is 5.91 Å². The van der Waals surface area contributed by atoms with E-state index in [-0.39, 0.29) is 23.3 Å². The molecule has 130 valence electrons. The van der Waals surface area contributed by atoms with E-state index in [9.17, 15) is 14.4 Å². The Bertz CT molecular complexity index is 936. The van der Waals surface area contributed by atoms with Crippen LogP contribution in [-0.4, -0.2) is 45.8 Å². The van der Waals surface area contributed by atoms with E-state index in [1.807, 2.05) is 0 Å². The molecule has 4 rings (SSSR count). The molecule has 2 aliphatic rings. The molecule has 1 aromatic carbocycles. The van der Waals surface area contributed by atoms with Crippen LogP contribution in [0.1, 0.15) is 29.5 Å². The van der Waals surface area contributed by atoms with E-state index in [1.165, 1.54) is 0 Å². The first-order valence-corrected chi connectivity index (χ1v) is 8.55. The summed E-state index contributed by atoms with van der Waals surface area (Å²) in [6.45, 7) is 5.03. The first-order valence-electron chi connectivity index (χ1n) is 8.55. The number of hydrogen-bond acceptors (Lipinski definition) is 4. The number of hydrogen-bond donors (Lipinski definition) is 2. The molecule has 7 heteroatoms. The third kappa shape index (κ3) is 2.50. The van der Waals surface area contributed by atoms with Crippen molar-refractivity contribution in [2.24, 2.45) is 11.8 Å². The Morgan fingerprint density at radius 3 is 2.92 bits per heavy atom. The highest BCUT2D eigenvalue weighted by atomic mass is 16.2. The Balaban J connectivity index is 1.72. The van der Waals surface area contributed by atoms with Gasteiger partial charge in [-0.25, -0.2) is 4.98 Å². The number of nitrogens with zero attached hydrogens (tertiary/aromatic N) is 2. The molecule has 0 spiro atoms. The van der Waals surface area contributed by atoms with Gasteiger partial charge in [-0.3, -0.25) is 14.4 Å². The number of carbonyl (C=O) groups is 2. The lowest BCUT2D eigenvalue weighted by Gasteiger charge is -2.39. The van der Waals surface area contributed by atoms with Crippen molar-refractivity contribution in [3.8, 4) is 0 Å². The zero-order valence-corrected chi connectivity index (χ0v) is 14.2. The number of aromatic amines is 1. The third-order valence-electron chi connectivity index (χ3n) is 5.41. The van der Waals surface area contributed by atoms with Gasteiger partial charge in [0.1, 0.15) is 11.9 Å². The average molecular weight is 340 g/mol. The van der Waals surface area contributed by atoms with Gasteiger partial charge >= 0.3 is 0 Å². The maximum absolute atomic E-state index is 13.0. The van der Waals surface area contributed by atoms with Crippen LogP contribution < -0.4 is 10.9 Å². The molecule has 0 bridgehead atoms. The van der Waals surface area contributed by atoms with Crippen LogP contribution in [0.25, 0.3) is 10.9 Å². The lowest BCUT2D eigenvalue weighted by Crippen LogP contribution is -2.52. The number of rotatable bonds is 1. The molecule has 2 saturated heterocycles. The van der Waals surface area contributed by atoms with E-state index in [1.54, 1.807) is 30.0 Å². The van der Waals surface area contributed by atoms with Gasteiger partial charge in [0.15, 0.2) is 0 Å². The van der Waals surface area contributed by atoms with E-state index in [0.717, 1.165) is 6.42 Å². The molecule has 2 aliphatic heterocycles. The van der Waals surface area contributed by atoms with Gasteiger partial charge in [-0.2, -0.15) is 0 Å². The summed E-state index contributed by atoms with van der Waals surface area (Å²) in [6.07, 6.45) is 0.881. The molecule has 0 saturated carbocycles. The van der Waals surface area contributed by atoms with Gasteiger partial charge < -0.3 is 15.2 Å². The normalized spacial score (nSPS) is 25.8. The fourth-order valence-electron chi connectivity index (χ4n) is 3.99. The van der Waals surface area contributed by atoms with Crippen LogP contribution in [-0.2, 0) is 4.79 Å². The number of aromatic nitrogens is 2. The van der Waals surface area contributed by atoms with Crippen LogP contribution >= 0.6 is 0 Å². The minimum Gasteiger partial charge on any atom is -0.354 e. The fraction of sp³-hybridized carbons (Fsp3) is 0.444. The van der Waals surface area contributed by atoms with Crippen LogP contribution in [0.15, 0.2) is 23.0 Å². The van der Waals surface area contributed by atoms with Gasteiger partial charge in [0, 0.05) is 24.6 Å².